The van der Waals surface area contributed by atoms with Crippen molar-refractivity contribution in [1.82, 2.24) is 19.6 Å². The number of hydrogen-bond acceptors (Lipinski definition) is 3. The maximum Gasteiger partial charge on any atom is 0.139 e. The Morgan fingerprint density at radius 2 is 2.17 bits per heavy atom. The second kappa shape index (κ2) is 5.04. The van der Waals surface area contributed by atoms with E-state index in [-0.39, 0.29) is 5.82 Å². The first kappa shape index (κ1) is 11.6. The molecule has 3 rings (SSSR count). The number of nitrogens with one attached hydrogen (secondary N) is 1. The van der Waals surface area contributed by atoms with E-state index in [4.69, 9.17) is 0 Å². The molecule has 1 aliphatic heterocycles. The third kappa shape index (κ3) is 2.52. The summed E-state index contributed by atoms with van der Waals surface area (Å²) in [6, 6.07) is 3.16. The number of pyridine rings is 1. The largest absolute Gasteiger partial charge is 0.315 e. The van der Waals surface area contributed by atoms with Crippen LogP contribution in [-0.2, 0) is 6.54 Å². The maximum atomic E-state index is 13.1. The minimum Gasteiger partial charge on any atom is -0.315 e. The van der Waals surface area contributed by atoms with Gasteiger partial charge in [0.1, 0.15) is 11.5 Å². The van der Waals surface area contributed by atoms with Gasteiger partial charge in [0.15, 0.2) is 0 Å². The molecule has 0 bridgehead atoms. The van der Waals surface area contributed by atoms with Crippen LogP contribution in [-0.4, -0.2) is 40.5 Å². The van der Waals surface area contributed by atoms with E-state index in [1.807, 2.05) is 6.20 Å². The molecule has 0 aromatic carbocycles. The van der Waals surface area contributed by atoms with Crippen LogP contribution in [0.4, 0.5) is 4.39 Å². The molecule has 0 radical (unpaired) electrons. The molecule has 1 N–H and O–H groups in total. The summed E-state index contributed by atoms with van der Waals surface area (Å²) in [5, 5.41) is 3.38. The van der Waals surface area contributed by atoms with Gasteiger partial charge in [0.05, 0.1) is 5.69 Å². The SMILES string of the molecule is Fc1ccc2nc(CN3CCCNCC3)cn2c1. The highest BCUT2D eigenvalue weighted by Gasteiger charge is 2.11. The van der Waals surface area contributed by atoms with Gasteiger partial charge in [-0.3, -0.25) is 4.90 Å². The van der Waals surface area contributed by atoms with Crippen LogP contribution in [0.5, 0.6) is 0 Å². The number of halogens is 1. The summed E-state index contributed by atoms with van der Waals surface area (Å²) < 4.78 is 14.8. The predicted octanol–water partition coefficient (Wildman–Crippen LogP) is 1.27. The Hall–Kier alpha value is -1.46. The van der Waals surface area contributed by atoms with Gasteiger partial charge in [0.2, 0.25) is 0 Å². The standard InChI is InChI=1S/C13H17FN4/c14-11-2-3-13-16-12(10-18(13)8-11)9-17-6-1-4-15-5-7-17/h2-3,8,10,15H,1,4-7,9H2. The summed E-state index contributed by atoms with van der Waals surface area (Å²) in [6.45, 7) is 5.09. The molecular weight excluding hydrogens is 231 g/mol. The molecule has 1 fully saturated rings. The molecular formula is C13H17FN4. The summed E-state index contributed by atoms with van der Waals surface area (Å²) in [6.07, 6.45) is 4.55. The van der Waals surface area contributed by atoms with Crippen molar-refractivity contribution in [1.29, 1.82) is 0 Å². The van der Waals surface area contributed by atoms with Crippen LogP contribution in [0.3, 0.4) is 0 Å². The van der Waals surface area contributed by atoms with E-state index in [9.17, 15) is 4.39 Å². The molecule has 18 heavy (non-hydrogen) atoms. The van der Waals surface area contributed by atoms with Gasteiger partial charge in [-0.1, -0.05) is 0 Å². The van der Waals surface area contributed by atoms with Crippen LogP contribution in [0.1, 0.15) is 12.1 Å². The summed E-state index contributed by atoms with van der Waals surface area (Å²) >= 11 is 0. The van der Waals surface area contributed by atoms with Crippen LogP contribution in [0, 0.1) is 5.82 Å². The van der Waals surface area contributed by atoms with Crippen LogP contribution in [0.2, 0.25) is 0 Å². The van der Waals surface area contributed by atoms with E-state index in [0.717, 1.165) is 44.1 Å². The lowest BCUT2D eigenvalue weighted by atomic mass is 10.3. The van der Waals surface area contributed by atoms with Crippen molar-refractivity contribution in [2.24, 2.45) is 0 Å². The Kier molecular flexibility index (Phi) is 3.25. The summed E-state index contributed by atoms with van der Waals surface area (Å²) in [4.78, 5) is 6.90. The van der Waals surface area contributed by atoms with Crippen molar-refractivity contribution < 1.29 is 4.39 Å². The zero-order valence-electron chi connectivity index (χ0n) is 10.3. The van der Waals surface area contributed by atoms with E-state index >= 15 is 0 Å². The second-order valence-corrected chi connectivity index (χ2v) is 4.72. The fourth-order valence-electron chi connectivity index (χ4n) is 2.38. The highest BCUT2D eigenvalue weighted by Crippen LogP contribution is 2.09. The molecule has 1 aliphatic rings. The first-order valence-electron chi connectivity index (χ1n) is 6.37. The van der Waals surface area contributed by atoms with E-state index < -0.39 is 0 Å². The van der Waals surface area contributed by atoms with E-state index in [2.05, 4.69) is 15.2 Å². The molecule has 0 spiro atoms. The highest BCUT2D eigenvalue weighted by atomic mass is 19.1. The minimum absolute atomic E-state index is 0.231. The van der Waals surface area contributed by atoms with Gasteiger partial charge < -0.3 is 9.72 Å². The normalized spacial score (nSPS) is 18.1. The zero-order valence-corrected chi connectivity index (χ0v) is 10.3. The van der Waals surface area contributed by atoms with Crippen molar-refractivity contribution >= 4 is 5.65 Å². The first-order chi connectivity index (χ1) is 8.81. The first-order valence-corrected chi connectivity index (χ1v) is 6.37. The lowest BCUT2D eigenvalue weighted by molar-refractivity contribution is 0.281. The molecule has 4 nitrogen and oxygen atoms in total. The molecule has 3 heterocycles. The van der Waals surface area contributed by atoms with Gasteiger partial charge in [-0.15, -0.1) is 0 Å². The molecule has 0 saturated carbocycles. The predicted molar refractivity (Wildman–Crippen MR) is 67.9 cm³/mol. The van der Waals surface area contributed by atoms with Gasteiger partial charge in [0, 0.05) is 32.0 Å². The summed E-state index contributed by atoms with van der Waals surface area (Å²) in [5.74, 6) is -0.231. The Labute approximate surface area is 105 Å². The average Bonchev–Trinajstić information content (AvgIpc) is 2.57. The van der Waals surface area contributed by atoms with Gasteiger partial charge in [-0.2, -0.15) is 0 Å². The number of rotatable bonds is 2. The van der Waals surface area contributed by atoms with E-state index in [1.165, 1.54) is 18.7 Å². The minimum atomic E-state index is -0.231. The lowest BCUT2D eigenvalue weighted by Crippen LogP contribution is -2.27. The Morgan fingerprint density at radius 1 is 1.22 bits per heavy atom. The van der Waals surface area contributed by atoms with Crippen molar-refractivity contribution in [3.8, 4) is 0 Å². The molecule has 2 aromatic rings. The van der Waals surface area contributed by atoms with E-state index in [0.29, 0.717) is 0 Å². The number of fused-ring (bicyclic) bond motifs is 1. The van der Waals surface area contributed by atoms with Crippen LogP contribution < -0.4 is 5.32 Å². The summed E-state index contributed by atoms with van der Waals surface area (Å²) in [5.41, 5.74) is 1.81. The molecule has 96 valence electrons. The molecule has 0 amide bonds. The maximum absolute atomic E-state index is 13.1. The zero-order chi connectivity index (χ0) is 12.4. The third-order valence-electron chi connectivity index (χ3n) is 3.28. The highest BCUT2D eigenvalue weighted by molar-refractivity contribution is 5.39. The van der Waals surface area contributed by atoms with Crippen LogP contribution in [0.15, 0.2) is 24.5 Å². The molecule has 2 aromatic heterocycles. The third-order valence-corrected chi connectivity index (χ3v) is 3.28. The van der Waals surface area contributed by atoms with Gasteiger partial charge >= 0.3 is 0 Å². The fraction of sp³-hybridized carbons (Fsp3) is 0.462. The van der Waals surface area contributed by atoms with Crippen LogP contribution in [0.25, 0.3) is 5.65 Å². The van der Waals surface area contributed by atoms with Gasteiger partial charge in [-0.25, -0.2) is 9.37 Å². The average molecular weight is 248 g/mol. The van der Waals surface area contributed by atoms with Crippen molar-refractivity contribution in [3.63, 3.8) is 0 Å². The molecule has 0 unspecified atom stereocenters. The quantitative estimate of drug-likeness (QED) is 0.868. The molecule has 0 atom stereocenters. The number of hydrogen-bond donors (Lipinski definition) is 1. The van der Waals surface area contributed by atoms with Crippen LogP contribution >= 0.6 is 0 Å². The molecule has 5 heteroatoms. The Bertz CT molecular complexity index is 529. The fourth-order valence-corrected chi connectivity index (χ4v) is 2.38. The number of imidazole rings is 1. The van der Waals surface area contributed by atoms with Crippen molar-refractivity contribution in [3.05, 3.63) is 36.0 Å². The topological polar surface area (TPSA) is 32.6 Å². The van der Waals surface area contributed by atoms with Gasteiger partial charge in [0.25, 0.3) is 0 Å². The van der Waals surface area contributed by atoms with Crippen molar-refractivity contribution in [2.75, 3.05) is 26.2 Å². The number of nitrogens with zero attached hydrogens (tertiary/aromatic N) is 3. The molecule has 1 saturated heterocycles. The Morgan fingerprint density at radius 3 is 3.11 bits per heavy atom. The molecule has 0 aliphatic carbocycles. The smallest absolute Gasteiger partial charge is 0.139 e. The number of aromatic nitrogens is 2. The Balaban J connectivity index is 1.77. The van der Waals surface area contributed by atoms with Crippen molar-refractivity contribution in [2.45, 2.75) is 13.0 Å². The van der Waals surface area contributed by atoms with E-state index in [1.54, 1.807) is 10.5 Å². The summed E-state index contributed by atoms with van der Waals surface area (Å²) in [7, 11) is 0. The van der Waals surface area contributed by atoms with Gasteiger partial charge in [-0.05, 0) is 31.6 Å². The lowest BCUT2D eigenvalue weighted by Gasteiger charge is -2.17. The monoisotopic (exact) mass is 248 g/mol. The second-order valence-electron chi connectivity index (χ2n) is 4.72.